The maximum Gasteiger partial charge on any atom is 0.271 e. The molecule has 0 bridgehead atoms. The van der Waals surface area contributed by atoms with E-state index in [1.807, 2.05) is 12.1 Å². The zero-order chi connectivity index (χ0) is 16.8. The van der Waals surface area contributed by atoms with Crippen molar-refractivity contribution in [2.45, 2.75) is 6.54 Å². The summed E-state index contributed by atoms with van der Waals surface area (Å²) < 4.78 is 1.68. The van der Waals surface area contributed by atoms with Gasteiger partial charge in [0.05, 0.1) is 12.1 Å². The molecule has 2 heterocycles. The number of hydrazine groups is 1. The van der Waals surface area contributed by atoms with Gasteiger partial charge in [-0.15, -0.1) is 0 Å². The van der Waals surface area contributed by atoms with E-state index in [2.05, 4.69) is 25.9 Å². The molecule has 2 amide bonds. The molecule has 0 aliphatic rings. The second-order valence-corrected chi connectivity index (χ2v) is 4.94. The smallest absolute Gasteiger partial charge is 0.267 e. The Hall–Kier alpha value is -3.55. The number of benzene rings is 1. The fraction of sp³-hybridized carbons (Fsp3) is 0.0625. The highest BCUT2D eigenvalue weighted by Crippen LogP contribution is 2.05. The number of carbonyl (C=O) groups is 2. The number of nitrogens with zero attached hydrogens (tertiary/aromatic N) is 4. The van der Waals surface area contributed by atoms with Crippen LogP contribution in [0, 0.1) is 0 Å². The van der Waals surface area contributed by atoms with Gasteiger partial charge in [0.15, 0.2) is 0 Å². The third-order valence-electron chi connectivity index (χ3n) is 3.24. The van der Waals surface area contributed by atoms with Crippen LogP contribution in [-0.4, -0.2) is 31.6 Å². The molecule has 0 aliphatic heterocycles. The van der Waals surface area contributed by atoms with Crippen molar-refractivity contribution in [3.05, 3.63) is 78.1 Å². The first-order chi connectivity index (χ1) is 11.7. The summed E-state index contributed by atoms with van der Waals surface area (Å²) >= 11 is 0. The highest BCUT2D eigenvalue weighted by atomic mass is 16.2. The summed E-state index contributed by atoms with van der Waals surface area (Å²) in [6, 6.07) is 10.2. The molecule has 0 spiro atoms. The van der Waals surface area contributed by atoms with Gasteiger partial charge in [0.1, 0.15) is 12.7 Å². The average Bonchev–Trinajstić information content (AvgIpc) is 3.14. The van der Waals surface area contributed by atoms with Gasteiger partial charge >= 0.3 is 0 Å². The molecule has 8 heteroatoms. The lowest BCUT2D eigenvalue weighted by molar-refractivity contribution is 0.0846. The van der Waals surface area contributed by atoms with Crippen LogP contribution < -0.4 is 10.9 Å². The topological polar surface area (TPSA) is 102 Å². The van der Waals surface area contributed by atoms with E-state index < -0.39 is 11.8 Å². The van der Waals surface area contributed by atoms with E-state index in [4.69, 9.17) is 0 Å². The van der Waals surface area contributed by atoms with E-state index in [9.17, 15) is 9.59 Å². The van der Waals surface area contributed by atoms with Gasteiger partial charge < -0.3 is 0 Å². The second-order valence-electron chi connectivity index (χ2n) is 4.94. The van der Waals surface area contributed by atoms with Crippen molar-refractivity contribution in [3.8, 4) is 0 Å². The van der Waals surface area contributed by atoms with Crippen LogP contribution in [0.4, 0.5) is 0 Å². The third-order valence-corrected chi connectivity index (χ3v) is 3.24. The Morgan fingerprint density at radius 3 is 2.33 bits per heavy atom. The van der Waals surface area contributed by atoms with Crippen molar-refractivity contribution in [3.63, 3.8) is 0 Å². The van der Waals surface area contributed by atoms with Crippen LogP contribution in [-0.2, 0) is 6.54 Å². The van der Waals surface area contributed by atoms with E-state index in [1.54, 1.807) is 41.5 Å². The van der Waals surface area contributed by atoms with E-state index in [-0.39, 0.29) is 0 Å². The molecule has 120 valence electrons. The number of aromatic nitrogens is 4. The van der Waals surface area contributed by atoms with Crippen molar-refractivity contribution in [1.29, 1.82) is 0 Å². The Labute approximate surface area is 137 Å². The number of amides is 2. The molecule has 0 fully saturated rings. The number of hydrogen-bond donors (Lipinski definition) is 2. The summed E-state index contributed by atoms with van der Waals surface area (Å²) in [4.78, 5) is 31.6. The molecular weight excluding hydrogens is 308 g/mol. The molecule has 8 nitrogen and oxygen atoms in total. The molecule has 0 saturated heterocycles. The number of carbonyl (C=O) groups excluding carboxylic acids is 2. The van der Waals surface area contributed by atoms with Crippen LogP contribution in [0.2, 0.25) is 0 Å². The van der Waals surface area contributed by atoms with Crippen LogP contribution in [0.5, 0.6) is 0 Å². The first-order valence-electron chi connectivity index (χ1n) is 7.14. The normalized spacial score (nSPS) is 10.2. The van der Waals surface area contributed by atoms with Crippen LogP contribution in [0.1, 0.15) is 26.3 Å². The lowest BCUT2D eigenvalue weighted by Crippen LogP contribution is -2.41. The molecule has 0 atom stereocenters. The number of nitrogens with one attached hydrogen (secondary N) is 2. The quantitative estimate of drug-likeness (QED) is 0.692. The van der Waals surface area contributed by atoms with E-state index in [1.165, 1.54) is 12.5 Å². The predicted octanol–water partition coefficient (Wildman–Crippen LogP) is 0.796. The maximum absolute atomic E-state index is 12.0. The Morgan fingerprint density at radius 2 is 1.71 bits per heavy atom. The maximum atomic E-state index is 12.0. The summed E-state index contributed by atoms with van der Waals surface area (Å²) in [5.41, 5.74) is 6.49. The molecule has 0 unspecified atom stereocenters. The Kier molecular flexibility index (Phi) is 4.57. The van der Waals surface area contributed by atoms with E-state index >= 15 is 0 Å². The summed E-state index contributed by atoms with van der Waals surface area (Å²) in [7, 11) is 0. The van der Waals surface area contributed by atoms with Gasteiger partial charge in [-0.25, -0.2) is 9.67 Å². The van der Waals surface area contributed by atoms with Crippen molar-refractivity contribution in [2.24, 2.45) is 0 Å². The van der Waals surface area contributed by atoms with Crippen molar-refractivity contribution < 1.29 is 9.59 Å². The standard InChI is InChI=1S/C16H14N6O2/c23-15(20-21-16(24)14-2-1-7-17-8-14)13-5-3-12(4-6-13)9-22-11-18-10-19-22/h1-8,10-11H,9H2,(H,20,23)(H,21,24). The molecule has 1 aromatic carbocycles. The molecule has 0 aliphatic carbocycles. The SMILES string of the molecule is O=C(NNC(=O)c1cccnc1)c1ccc(Cn2cncn2)cc1. The van der Waals surface area contributed by atoms with Gasteiger partial charge in [-0.05, 0) is 29.8 Å². The molecule has 3 rings (SSSR count). The summed E-state index contributed by atoms with van der Waals surface area (Å²) in [6.45, 7) is 0.569. The minimum Gasteiger partial charge on any atom is -0.267 e. The summed E-state index contributed by atoms with van der Waals surface area (Å²) in [5, 5.41) is 4.02. The molecular formula is C16H14N6O2. The van der Waals surface area contributed by atoms with Gasteiger partial charge in [-0.2, -0.15) is 5.10 Å². The number of hydrogen-bond acceptors (Lipinski definition) is 5. The molecule has 2 N–H and O–H groups in total. The Bertz CT molecular complexity index is 816. The van der Waals surface area contributed by atoms with Crippen molar-refractivity contribution in [1.82, 2.24) is 30.6 Å². The largest absolute Gasteiger partial charge is 0.271 e. The molecule has 2 aromatic heterocycles. The fourth-order valence-corrected chi connectivity index (χ4v) is 2.02. The van der Waals surface area contributed by atoms with Crippen LogP contribution >= 0.6 is 0 Å². The van der Waals surface area contributed by atoms with Crippen LogP contribution in [0.15, 0.2) is 61.4 Å². The minimum atomic E-state index is -0.431. The predicted molar refractivity (Wildman–Crippen MR) is 84.7 cm³/mol. The zero-order valence-electron chi connectivity index (χ0n) is 12.6. The lowest BCUT2D eigenvalue weighted by Gasteiger charge is -2.08. The first-order valence-corrected chi connectivity index (χ1v) is 7.14. The van der Waals surface area contributed by atoms with Crippen LogP contribution in [0.3, 0.4) is 0 Å². The summed E-state index contributed by atoms with van der Waals surface area (Å²) in [6.07, 6.45) is 6.07. The fourth-order valence-electron chi connectivity index (χ4n) is 2.02. The van der Waals surface area contributed by atoms with Gasteiger partial charge in [-0.1, -0.05) is 12.1 Å². The monoisotopic (exact) mass is 322 g/mol. The molecule has 0 radical (unpaired) electrons. The average molecular weight is 322 g/mol. The zero-order valence-corrected chi connectivity index (χ0v) is 12.6. The van der Waals surface area contributed by atoms with Crippen LogP contribution in [0.25, 0.3) is 0 Å². The third kappa shape index (κ3) is 3.80. The molecule has 3 aromatic rings. The highest BCUT2D eigenvalue weighted by Gasteiger charge is 2.09. The van der Waals surface area contributed by atoms with Gasteiger partial charge in [0.2, 0.25) is 0 Å². The Balaban J connectivity index is 1.56. The van der Waals surface area contributed by atoms with Crippen molar-refractivity contribution >= 4 is 11.8 Å². The molecule has 24 heavy (non-hydrogen) atoms. The van der Waals surface area contributed by atoms with E-state index in [0.717, 1.165) is 5.56 Å². The summed E-state index contributed by atoms with van der Waals surface area (Å²) in [5.74, 6) is -0.834. The van der Waals surface area contributed by atoms with Gasteiger partial charge in [0.25, 0.3) is 11.8 Å². The highest BCUT2D eigenvalue weighted by molar-refractivity contribution is 5.98. The van der Waals surface area contributed by atoms with E-state index in [0.29, 0.717) is 17.7 Å². The van der Waals surface area contributed by atoms with Crippen molar-refractivity contribution in [2.75, 3.05) is 0 Å². The number of rotatable bonds is 4. The lowest BCUT2D eigenvalue weighted by atomic mass is 10.1. The second kappa shape index (κ2) is 7.14. The number of pyridine rings is 1. The minimum absolute atomic E-state index is 0.362. The Morgan fingerprint density at radius 1 is 0.958 bits per heavy atom. The van der Waals surface area contributed by atoms with Gasteiger partial charge in [-0.3, -0.25) is 25.4 Å². The van der Waals surface area contributed by atoms with Gasteiger partial charge in [0, 0.05) is 18.0 Å². The first kappa shape index (κ1) is 15.3. The molecule has 0 saturated carbocycles.